The predicted molar refractivity (Wildman–Crippen MR) is 66.8 cm³/mol. The van der Waals surface area contributed by atoms with Crippen LogP contribution < -0.4 is 9.47 Å². The second-order valence-corrected chi connectivity index (χ2v) is 4.10. The second-order valence-electron chi connectivity index (χ2n) is 3.67. The highest BCUT2D eigenvalue weighted by atomic mass is 35.5. The standard InChI is InChI=1S/C12H11ClN2O4/c1-7-14-11(19-15-7)6-18-12-8(5-16)3-9(13)4-10(12)17-2/h3-5H,6H2,1-2H3. The number of carbonyl (C=O) groups is 1. The quantitative estimate of drug-likeness (QED) is 0.784. The van der Waals surface area contributed by atoms with Crippen molar-refractivity contribution < 1.29 is 18.8 Å². The fraction of sp³-hybridized carbons (Fsp3) is 0.250. The molecule has 0 saturated heterocycles. The van der Waals surface area contributed by atoms with Crippen molar-refractivity contribution in [3.05, 3.63) is 34.4 Å². The number of nitrogens with zero attached hydrogens (tertiary/aromatic N) is 2. The Morgan fingerprint density at radius 1 is 1.47 bits per heavy atom. The van der Waals surface area contributed by atoms with E-state index in [1.165, 1.54) is 13.2 Å². The van der Waals surface area contributed by atoms with Crippen LogP contribution in [-0.2, 0) is 6.61 Å². The maximum Gasteiger partial charge on any atom is 0.264 e. The molecule has 19 heavy (non-hydrogen) atoms. The zero-order chi connectivity index (χ0) is 13.8. The molecule has 0 fully saturated rings. The molecule has 2 aromatic rings. The maximum atomic E-state index is 11.0. The van der Waals surface area contributed by atoms with Gasteiger partial charge in [0.15, 0.2) is 30.2 Å². The van der Waals surface area contributed by atoms with E-state index in [4.69, 9.17) is 25.6 Å². The van der Waals surface area contributed by atoms with Crippen LogP contribution in [0.15, 0.2) is 16.7 Å². The topological polar surface area (TPSA) is 74.5 Å². The predicted octanol–water partition coefficient (Wildman–Crippen LogP) is 2.43. The lowest BCUT2D eigenvalue weighted by atomic mass is 10.2. The molecule has 1 aromatic carbocycles. The van der Waals surface area contributed by atoms with Crippen LogP contribution in [0.25, 0.3) is 0 Å². The van der Waals surface area contributed by atoms with Gasteiger partial charge in [-0.1, -0.05) is 16.8 Å². The molecule has 0 spiro atoms. The fourth-order valence-electron chi connectivity index (χ4n) is 1.52. The van der Waals surface area contributed by atoms with E-state index in [0.717, 1.165) is 0 Å². The van der Waals surface area contributed by atoms with E-state index in [1.807, 2.05) is 0 Å². The van der Waals surface area contributed by atoms with Crippen molar-refractivity contribution in [2.45, 2.75) is 13.5 Å². The number of hydrogen-bond acceptors (Lipinski definition) is 6. The lowest BCUT2D eigenvalue weighted by molar-refractivity contribution is 0.111. The Balaban J connectivity index is 2.25. The molecule has 0 aliphatic rings. The Morgan fingerprint density at radius 2 is 2.26 bits per heavy atom. The molecule has 0 bridgehead atoms. The second kappa shape index (κ2) is 5.71. The van der Waals surface area contributed by atoms with Gasteiger partial charge < -0.3 is 14.0 Å². The van der Waals surface area contributed by atoms with E-state index in [0.29, 0.717) is 34.3 Å². The average molecular weight is 283 g/mol. The number of benzene rings is 1. The van der Waals surface area contributed by atoms with Crippen LogP contribution in [0.5, 0.6) is 11.5 Å². The molecule has 0 aliphatic heterocycles. The van der Waals surface area contributed by atoms with E-state index < -0.39 is 0 Å². The molecule has 0 N–H and O–H groups in total. The van der Waals surface area contributed by atoms with Gasteiger partial charge in [-0.15, -0.1) is 0 Å². The van der Waals surface area contributed by atoms with Crippen LogP contribution in [0.1, 0.15) is 22.1 Å². The Labute approximate surface area is 114 Å². The van der Waals surface area contributed by atoms with E-state index in [9.17, 15) is 4.79 Å². The molecular formula is C12H11ClN2O4. The van der Waals surface area contributed by atoms with Gasteiger partial charge in [0.05, 0.1) is 12.7 Å². The Hall–Kier alpha value is -2.08. The molecule has 100 valence electrons. The monoisotopic (exact) mass is 282 g/mol. The lowest BCUT2D eigenvalue weighted by Gasteiger charge is -2.11. The normalized spacial score (nSPS) is 10.3. The van der Waals surface area contributed by atoms with Crippen LogP contribution in [0.2, 0.25) is 5.02 Å². The highest BCUT2D eigenvalue weighted by Crippen LogP contribution is 2.34. The summed E-state index contributed by atoms with van der Waals surface area (Å²) in [5.74, 6) is 1.48. The number of aldehydes is 1. The Kier molecular flexibility index (Phi) is 4.01. The van der Waals surface area contributed by atoms with Crippen molar-refractivity contribution >= 4 is 17.9 Å². The summed E-state index contributed by atoms with van der Waals surface area (Å²) in [6.07, 6.45) is 0.642. The Morgan fingerprint density at radius 3 is 2.84 bits per heavy atom. The number of methoxy groups -OCH3 is 1. The molecule has 0 saturated carbocycles. The molecule has 2 rings (SSSR count). The van der Waals surface area contributed by atoms with Crippen LogP contribution in [0.3, 0.4) is 0 Å². The average Bonchev–Trinajstić information content (AvgIpc) is 2.81. The van der Waals surface area contributed by atoms with Crippen LogP contribution in [-0.4, -0.2) is 23.5 Å². The summed E-state index contributed by atoms with van der Waals surface area (Å²) >= 11 is 5.86. The van der Waals surface area contributed by atoms with Crippen molar-refractivity contribution in [1.82, 2.24) is 10.1 Å². The van der Waals surface area contributed by atoms with Crippen molar-refractivity contribution in [2.75, 3.05) is 7.11 Å². The zero-order valence-electron chi connectivity index (χ0n) is 10.3. The third-order valence-electron chi connectivity index (χ3n) is 2.30. The number of halogens is 1. The van der Waals surface area contributed by atoms with E-state index >= 15 is 0 Å². The molecular weight excluding hydrogens is 272 g/mol. The van der Waals surface area contributed by atoms with Crippen molar-refractivity contribution in [1.29, 1.82) is 0 Å². The van der Waals surface area contributed by atoms with Gasteiger partial charge in [-0.25, -0.2) is 0 Å². The van der Waals surface area contributed by atoms with Gasteiger partial charge in [0, 0.05) is 11.1 Å². The molecule has 0 radical (unpaired) electrons. The summed E-state index contributed by atoms with van der Waals surface area (Å²) < 4.78 is 15.5. The number of rotatable bonds is 5. The fourth-order valence-corrected chi connectivity index (χ4v) is 1.73. The number of ether oxygens (including phenoxy) is 2. The van der Waals surface area contributed by atoms with E-state index in [-0.39, 0.29) is 12.4 Å². The molecule has 0 aliphatic carbocycles. The van der Waals surface area contributed by atoms with E-state index in [2.05, 4.69) is 10.1 Å². The van der Waals surface area contributed by atoms with Crippen LogP contribution in [0, 0.1) is 6.92 Å². The maximum absolute atomic E-state index is 11.0. The number of hydrogen-bond donors (Lipinski definition) is 0. The van der Waals surface area contributed by atoms with Crippen LogP contribution in [0.4, 0.5) is 0 Å². The summed E-state index contributed by atoms with van der Waals surface area (Å²) in [4.78, 5) is 15.0. The minimum Gasteiger partial charge on any atom is -0.493 e. The third-order valence-corrected chi connectivity index (χ3v) is 2.52. The summed E-state index contributed by atoms with van der Waals surface area (Å²) in [5, 5.41) is 4.03. The van der Waals surface area contributed by atoms with Crippen molar-refractivity contribution in [3.8, 4) is 11.5 Å². The molecule has 1 aromatic heterocycles. The minimum atomic E-state index is 0.0413. The molecule has 0 atom stereocenters. The van der Waals surface area contributed by atoms with Crippen molar-refractivity contribution in [2.24, 2.45) is 0 Å². The van der Waals surface area contributed by atoms with Gasteiger partial charge in [0.1, 0.15) is 0 Å². The van der Waals surface area contributed by atoms with Gasteiger partial charge in [0.2, 0.25) is 0 Å². The van der Waals surface area contributed by atoms with Crippen molar-refractivity contribution in [3.63, 3.8) is 0 Å². The van der Waals surface area contributed by atoms with Gasteiger partial charge in [0.25, 0.3) is 5.89 Å². The minimum absolute atomic E-state index is 0.0413. The van der Waals surface area contributed by atoms with E-state index in [1.54, 1.807) is 13.0 Å². The smallest absolute Gasteiger partial charge is 0.264 e. The molecule has 7 heteroatoms. The first-order chi connectivity index (χ1) is 9.13. The molecule has 1 heterocycles. The van der Waals surface area contributed by atoms with Gasteiger partial charge >= 0.3 is 0 Å². The van der Waals surface area contributed by atoms with Gasteiger partial charge in [-0.3, -0.25) is 4.79 Å². The summed E-state index contributed by atoms with van der Waals surface area (Å²) in [6.45, 7) is 1.74. The first kappa shape index (κ1) is 13.4. The Bertz CT molecular complexity index is 597. The molecule has 0 unspecified atom stereocenters. The van der Waals surface area contributed by atoms with Gasteiger partial charge in [-0.2, -0.15) is 4.98 Å². The first-order valence-corrected chi connectivity index (χ1v) is 5.76. The summed E-state index contributed by atoms with van der Waals surface area (Å²) in [7, 11) is 1.46. The number of carbonyl (C=O) groups excluding carboxylic acids is 1. The molecule has 0 amide bonds. The lowest BCUT2D eigenvalue weighted by Crippen LogP contribution is -2.01. The summed E-state index contributed by atoms with van der Waals surface area (Å²) in [6, 6.07) is 3.05. The highest BCUT2D eigenvalue weighted by Gasteiger charge is 2.14. The van der Waals surface area contributed by atoms with Crippen LogP contribution >= 0.6 is 11.6 Å². The number of aromatic nitrogens is 2. The zero-order valence-corrected chi connectivity index (χ0v) is 11.1. The summed E-state index contributed by atoms with van der Waals surface area (Å²) in [5.41, 5.74) is 0.292. The largest absolute Gasteiger partial charge is 0.493 e. The molecule has 6 nitrogen and oxygen atoms in total. The highest BCUT2D eigenvalue weighted by molar-refractivity contribution is 6.31. The third kappa shape index (κ3) is 3.03. The first-order valence-electron chi connectivity index (χ1n) is 5.38. The number of aryl methyl sites for hydroxylation is 1. The van der Waals surface area contributed by atoms with Gasteiger partial charge in [-0.05, 0) is 13.0 Å². The SMILES string of the molecule is COc1cc(Cl)cc(C=O)c1OCc1nc(C)no1.